The van der Waals surface area contributed by atoms with E-state index in [1.54, 1.807) is 11.0 Å². The fourth-order valence-electron chi connectivity index (χ4n) is 2.58. The van der Waals surface area contributed by atoms with Crippen LogP contribution in [0.5, 0.6) is 0 Å². The molecular formula is C11H15Cl2N3O2. The van der Waals surface area contributed by atoms with Crippen molar-refractivity contribution in [2.45, 2.75) is 19.4 Å². The number of hydrogen-bond acceptors (Lipinski definition) is 4. The van der Waals surface area contributed by atoms with Gasteiger partial charge < -0.3 is 26.7 Å². The number of piperidine rings is 3. The highest BCUT2D eigenvalue weighted by molar-refractivity contribution is 6.29. The van der Waals surface area contributed by atoms with Crippen molar-refractivity contribution in [3.8, 4) is 0 Å². The summed E-state index contributed by atoms with van der Waals surface area (Å²) < 4.78 is 4.93. The van der Waals surface area contributed by atoms with E-state index in [0.717, 1.165) is 6.54 Å². The van der Waals surface area contributed by atoms with E-state index in [-0.39, 0.29) is 12.4 Å². The van der Waals surface area contributed by atoms with E-state index in [4.69, 9.17) is 21.0 Å². The maximum Gasteiger partial charge on any atom is 0.178 e. The number of oxime groups is 1. The predicted molar refractivity (Wildman–Crippen MR) is 62.0 cm³/mol. The summed E-state index contributed by atoms with van der Waals surface area (Å²) >= 11 is 5.64. The molecule has 0 aromatic carbocycles. The lowest BCUT2D eigenvalue weighted by atomic mass is 9.87. The molecule has 1 aromatic rings. The largest absolute Gasteiger partial charge is 1.00 e. The van der Waals surface area contributed by atoms with E-state index < -0.39 is 0 Å². The predicted octanol–water partition coefficient (Wildman–Crippen LogP) is -2.49. The number of nitrogens with one attached hydrogen (secondary N) is 1. The first kappa shape index (κ1) is 13.6. The first-order valence-electron chi connectivity index (χ1n) is 5.94. The van der Waals surface area contributed by atoms with Gasteiger partial charge in [0.1, 0.15) is 12.3 Å². The number of halogens is 2. The van der Waals surface area contributed by atoms with Crippen LogP contribution in [0.3, 0.4) is 0 Å². The Hall–Kier alpha value is -0.780. The first-order chi connectivity index (χ1) is 8.31. The van der Waals surface area contributed by atoms with Crippen LogP contribution < -0.4 is 17.3 Å². The van der Waals surface area contributed by atoms with Crippen molar-refractivity contribution in [2.24, 2.45) is 11.1 Å². The number of rotatable bonds is 3. The van der Waals surface area contributed by atoms with Crippen molar-refractivity contribution in [1.82, 2.24) is 5.16 Å². The molecule has 4 rings (SSSR count). The van der Waals surface area contributed by atoms with E-state index in [1.807, 2.05) is 0 Å². The van der Waals surface area contributed by atoms with Crippen LogP contribution in [0, 0.1) is 5.92 Å². The minimum Gasteiger partial charge on any atom is -1.00 e. The lowest BCUT2D eigenvalue weighted by Crippen LogP contribution is -3.16. The minimum absolute atomic E-state index is 0. The van der Waals surface area contributed by atoms with E-state index in [1.165, 1.54) is 31.6 Å². The Morgan fingerprint density at radius 2 is 2.28 bits per heavy atom. The summed E-state index contributed by atoms with van der Waals surface area (Å²) in [7, 11) is 0. The van der Waals surface area contributed by atoms with Crippen molar-refractivity contribution < 1.29 is 26.7 Å². The van der Waals surface area contributed by atoms with Gasteiger partial charge in [-0.15, -0.1) is 0 Å². The van der Waals surface area contributed by atoms with Gasteiger partial charge in [0.05, 0.1) is 13.1 Å². The van der Waals surface area contributed by atoms with Crippen LogP contribution >= 0.6 is 11.6 Å². The maximum atomic E-state index is 5.64. The highest BCUT2D eigenvalue weighted by Crippen LogP contribution is 2.16. The van der Waals surface area contributed by atoms with Gasteiger partial charge in [-0.05, 0) is 0 Å². The summed E-state index contributed by atoms with van der Waals surface area (Å²) in [5, 5.41) is 8.16. The molecule has 0 atom stereocenters. The zero-order valence-electron chi connectivity index (χ0n) is 9.86. The standard InChI is InChI=1S/C11H14ClN3O2.ClH/c12-11-5-9(17-14-11)7-16-13-10-6-15-3-1-8(10)2-4-15;/h5,8H,1-4,6-7H2;1H/b13-10+;. The quantitative estimate of drug-likeness (QED) is 0.627. The van der Waals surface area contributed by atoms with Crippen LogP contribution in [-0.2, 0) is 11.4 Å². The van der Waals surface area contributed by atoms with Crippen LogP contribution in [0.1, 0.15) is 18.6 Å². The smallest absolute Gasteiger partial charge is 0.178 e. The molecule has 0 unspecified atom stereocenters. The molecule has 4 heterocycles. The number of hydrogen-bond donors (Lipinski definition) is 1. The highest BCUT2D eigenvalue weighted by atomic mass is 35.5. The Bertz CT molecular complexity index is 428. The molecular weight excluding hydrogens is 277 g/mol. The highest BCUT2D eigenvalue weighted by Gasteiger charge is 2.34. The molecule has 1 N–H and O–H groups in total. The van der Waals surface area contributed by atoms with Crippen molar-refractivity contribution in [1.29, 1.82) is 0 Å². The van der Waals surface area contributed by atoms with Gasteiger partial charge in [-0.2, -0.15) is 0 Å². The zero-order valence-corrected chi connectivity index (χ0v) is 11.4. The Morgan fingerprint density at radius 3 is 2.83 bits per heavy atom. The Kier molecular flexibility index (Phi) is 4.48. The van der Waals surface area contributed by atoms with Crippen molar-refractivity contribution in [2.75, 3.05) is 19.6 Å². The monoisotopic (exact) mass is 291 g/mol. The van der Waals surface area contributed by atoms with Crippen LogP contribution in [0.25, 0.3) is 0 Å². The molecule has 7 heteroatoms. The normalized spacial score (nSPS) is 28.2. The van der Waals surface area contributed by atoms with Crippen LogP contribution in [0.4, 0.5) is 0 Å². The minimum atomic E-state index is 0. The van der Waals surface area contributed by atoms with Gasteiger partial charge in [-0.25, -0.2) is 0 Å². The molecule has 3 aliphatic heterocycles. The van der Waals surface area contributed by atoms with Gasteiger partial charge in [0, 0.05) is 24.8 Å². The molecule has 3 fully saturated rings. The van der Waals surface area contributed by atoms with Gasteiger partial charge in [0.2, 0.25) is 0 Å². The molecule has 3 aliphatic rings. The number of aromatic nitrogens is 1. The Labute approximate surface area is 116 Å². The van der Waals surface area contributed by atoms with Crippen molar-refractivity contribution in [3.05, 3.63) is 17.0 Å². The van der Waals surface area contributed by atoms with Crippen LogP contribution in [0.2, 0.25) is 5.15 Å². The molecule has 100 valence electrons. The van der Waals surface area contributed by atoms with Crippen LogP contribution in [0.15, 0.2) is 15.7 Å². The molecule has 2 bridgehead atoms. The SMILES string of the molecule is Clc1cc(CO/N=C2\C[NH+]3CCC2CC3)on1.[Cl-]. The number of quaternary nitrogens is 1. The Balaban J connectivity index is 0.00000120. The molecule has 0 amide bonds. The van der Waals surface area contributed by atoms with Gasteiger partial charge in [0.15, 0.2) is 17.5 Å². The van der Waals surface area contributed by atoms with Gasteiger partial charge >= 0.3 is 0 Å². The Morgan fingerprint density at radius 1 is 1.50 bits per heavy atom. The van der Waals surface area contributed by atoms with Gasteiger partial charge in [0.25, 0.3) is 0 Å². The summed E-state index contributed by atoms with van der Waals surface area (Å²) in [4.78, 5) is 6.93. The second-order valence-corrected chi connectivity index (χ2v) is 5.06. The third-order valence-electron chi connectivity index (χ3n) is 3.51. The molecule has 3 saturated heterocycles. The molecule has 0 spiro atoms. The number of nitrogens with zero attached hydrogens (tertiary/aromatic N) is 2. The third-order valence-corrected chi connectivity index (χ3v) is 3.69. The molecule has 18 heavy (non-hydrogen) atoms. The average molecular weight is 292 g/mol. The maximum absolute atomic E-state index is 5.64. The summed E-state index contributed by atoms with van der Waals surface area (Å²) in [6.45, 7) is 3.88. The summed E-state index contributed by atoms with van der Waals surface area (Å²) in [6.07, 6.45) is 2.48. The summed E-state index contributed by atoms with van der Waals surface area (Å²) in [5.74, 6) is 1.23. The zero-order chi connectivity index (χ0) is 11.7. The number of fused-ring (bicyclic) bond motifs is 3. The molecule has 0 saturated carbocycles. The van der Waals surface area contributed by atoms with Gasteiger partial charge in [-0.3, -0.25) is 0 Å². The molecule has 1 aromatic heterocycles. The second kappa shape index (κ2) is 5.91. The van der Waals surface area contributed by atoms with E-state index >= 15 is 0 Å². The molecule has 0 aliphatic carbocycles. The third kappa shape index (κ3) is 2.96. The van der Waals surface area contributed by atoms with Gasteiger partial charge in [-0.1, -0.05) is 21.9 Å². The fraction of sp³-hybridized carbons (Fsp3) is 0.636. The molecule has 0 radical (unpaired) electrons. The van der Waals surface area contributed by atoms with E-state index in [2.05, 4.69) is 10.3 Å². The first-order valence-corrected chi connectivity index (χ1v) is 6.32. The van der Waals surface area contributed by atoms with E-state index in [9.17, 15) is 0 Å². The van der Waals surface area contributed by atoms with E-state index in [0.29, 0.717) is 23.4 Å². The fourth-order valence-corrected chi connectivity index (χ4v) is 2.73. The summed E-state index contributed by atoms with van der Waals surface area (Å²) in [5.41, 5.74) is 1.20. The average Bonchev–Trinajstić information content (AvgIpc) is 2.77. The van der Waals surface area contributed by atoms with Crippen molar-refractivity contribution >= 4 is 17.3 Å². The lowest BCUT2D eigenvalue weighted by molar-refractivity contribution is -0.902. The second-order valence-electron chi connectivity index (χ2n) is 4.67. The van der Waals surface area contributed by atoms with Crippen molar-refractivity contribution in [3.63, 3.8) is 0 Å². The van der Waals surface area contributed by atoms with Crippen LogP contribution in [-0.4, -0.2) is 30.5 Å². The lowest BCUT2D eigenvalue weighted by Gasteiger charge is -2.36. The molecule has 5 nitrogen and oxygen atoms in total. The topological polar surface area (TPSA) is 52.1 Å². The summed E-state index contributed by atoms with van der Waals surface area (Å²) in [6, 6.07) is 1.64.